The summed E-state index contributed by atoms with van der Waals surface area (Å²) in [5, 5.41) is 10.6. The van der Waals surface area contributed by atoms with Crippen LogP contribution in [0.25, 0.3) is 0 Å². The Hall–Kier alpha value is -2.00. The number of amides is 1. The lowest BCUT2D eigenvalue weighted by Crippen LogP contribution is -2.23. The van der Waals surface area contributed by atoms with Crippen molar-refractivity contribution in [3.63, 3.8) is 0 Å². The second-order valence-corrected chi connectivity index (χ2v) is 4.24. The number of nitro benzene ring substituents is 1. The van der Waals surface area contributed by atoms with Crippen LogP contribution in [-0.4, -0.2) is 38.6 Å². The van der Waals surface area contributed by atoms with Crippen LogP contribution in [0.5, 0.6) is 0 Å². The zero-order chi connectivity index (χ0) is 13.9. The number of benzene rings is 1. The Labute approximate surface area is 105 Å². The van der Waals surface area contributed by atoms with Gasteiger partial charge in [-0.2, -0.15) is 0 Å². The van der Waals surface area contributed by atoms with E-state index in [-0.39, 0.29) is 16.9 Å². The molecule has 98 valence electrons. The zero-order valence-electron chi connectivity index (χ0n) is 9.61. The summed E-state index contributed by atoms with van der Waals surface area (Å²) in [6, 6.07) is 3.42. The van der Waals surface area contributed by atoms with Crippen molar-refractivity contribution in [3.8, 4) is 0 Å². The van der Waals surface area contributed by atoms with Gasteiger partial charge in [0.25, 0.3) is 22.9 Å². The number of non-ortho nitro benzene ring substituents is 1. The van der Waals surface area contributed by atoms with E-state index in [4.69, 9.17) is 4.55 Å². The molecule has 1 unspecified atom stereocenters. The van der Waals surface area contributed by atoms with Crippen molar-refractivity contribution in [3.05, 3.63) is 33.9 Å². The minimum atomic E-state index is -2.42. The van der Waals surface area contributed by atoms with Crippen molar-refractivity contribution < 1.29 is 18.5 Å². The molecule has 0 saturated heterocycles. The summed E-state index contributed by atoms with van der Waals surface area (Å²) in [6.45, 7) is 0. The van der Waals surface area contributed by atoms with Crippen molar-refractivity contribution in [1.82, 2.24) is 4.90 Å². The fourth-order valence-corrected chi connectivity index (χ4v) is 1.61. The van der Waals surface area contributed by atoms with Gasteiger partial charge in [-0.05, 0) is 6.07 Å². The number of hydrogen-bond acceptors (Lipinski definition) is 4. The Morgan fingerprint density at radius 2 is 2.11 bits per heavy atom. The van der Waals surface area contributed by atoms with Gasteiger partial charge in [-0.1, -0.05) is 0 Å². The monoisotopic (exact) mass is 273 g/mol. The van der Waals surface area contributed by atoms with Crippen LogP contribution < -0.4 is 4.72 Å². The topological polar surface area (TPSA) is 113 Å². The lowest BCUT2D eigenvalue weighted by molar-refractivity contribution is -0.384. The number of hydrogen-bond donors (Lipinski definition) is 2. The first-order valence-corrected chi connectivity index (χ1v) is 5.81. The van der Waals surface area contributed by atoms with Crippen molar-refractivity contribution in [2.24, 2.45) is 0 Å². The molecule has 1 atom stereocenters. The van der Waals surface area contributed by atoms with Crippen LogP contribution in [0.4, 0.5) is 11.4 Å². The Balaban J connectivity index is 3.28. The molecule has 1 aromatic carbocycles. The normalized spacial score (nSPS) is 11.7. The Morgan fingerprint density at radius 3 is 2.56 bits per heavy atom. The number of nitro groups is 1. The Bertz CT molecular complexity index is 517. The number of carbonyl (C=O) groups excluding carboxylic acids is 1. The first kappa shape index (κ1) is 14.1. The molecular weight excluding hydrogens is 262 g/mol. The highest BCUT2D eigenvalue weighted by Gasteiger charge is 2.18. The molecule has 0 fully saturated rings. The third-order valence-electron chi connectivity index (χ3n) is 2.05. The van der Waals surface area contributed by atoms with Crippen LogP contribution in [0.1, 0.15) is 10.4 Å². The third kappa shape index (κ3) is 3.25. The highest BCUT2D eigenvalue weighted by molar-refractivity contribution is 7.80. The van der Waals surface area contributed by atoms with Gasteiger partial charge in [0, 0.05) is 26.2 Å². The van der Waals surface area contributed by atoms with Gasteiger partial charge < -0.3 is 4.90 Å². The molecule has 8 nitrogen and oxygen atoms in total. The maximum atomic E-state index is 11.8. The maximum Gasteiger partial charge on any atom is 0.271 e. The maximum absolute atomic E-state index is 11.8. The lowest BCUT2D eigenvalue weighted by Gasteiger charge is -2.13. The molecule has 0 aromatic heterocycles. The van der Waals surface area contributed by atoms with Gasteiger partial charge in [-0.3, -0.25) is 24.2 Å². The molecule has 0 bridgehead atoms. The van der Waals surface area contributed by atoms with Gasteiger partial charge >= 0.3 is 0 Å². The van der Waals surface area contributed by atoms with Gasteiger partial charge in [0.05, 0.1) is 16.2 Å². The molecule has 2 N–H and O–H groups in total. The Morgan fingerprint density at radius 1 is 1.50 bits per heavy atom. The van der Waals surface area contributed by atoms with Crippen molar-refractivity contribution in [2.45, 2.75) is 0 Å². The van der Waals surface area contributed by atoms with Gasteiger partial charge in [0.2, 0.25) is 0 Å². The zero-order valence-corrected chi connectivity index (χ0v) is 10.4. The predicted octanol–water partition coefficient (Wildman–Crippen LogP) is 0.845. The summed E-state index contributed by atoms with van der Waals surface area (Å²) >= 11 is -2.42. The van der Waals surface area contributed by atoms with Crippen LogP contribution in [0.15, 0.2) is 18.2 Å². The number of carbonyl (C=O) groups is 1. The number of rotatable bonds is 4. The molecule has 1 rings (SSSR count). The number of nitrogens with zero attached hydrogens (tertiary/aromatic N) is 2. The fourth-order valence-electron chi connectivity index (χ4n) is 1.25. The van der Waals surface area contributed by atoms with E-state index >= 15 is 0 Å². The lowest BCUT2D eigenvalue weighted by atomic mass is 10.1. The van der Waals surface area contributed by atoms with Gasteiger partial charge in [-0.15, -0.1) is 0 Å². The van der Waals surface area contributed by atoms with E-state index in [1.807, 2.05) is 0 Å². The molecule has 0 aliphatic rings. The molecule has 0 saturated carbocycles. The SMILES string of the molecule is CN(C)C(=O)c1ccc([N+](=O)[O-])cc1NS(=O)O. The van der Waals surface area contributed by atoms with Crippen molar-refractivity contribution in [1.29, 1.82) is 0 Å². The second kappa shape index (κ2) is 5.56. The van der Waals surface area contributed by atoms with Crippen LogP contribution in [-0.2, 0) is 11.3 Å². The van der Waals surface area contributed by atoms with Crippen molar-refractivity contribution >= 4 is 28.5 Å². The summed E-state index contributed by atoms with van der Waals surface area (Å²) in [6.07, 6.45) is 0. The summed E-state index contributed by atoms with van der Waals surface area (Å²) < 4.78 is 21.5. The molecular formula is C9H11N3O5S. The molecule has 1 aromatic rings. The van der Waals surface area contributed by atoms with E-state index in [0.717, 1.165) is 12.1 Å². The summed E-state index contributed by atoms with van der Waals surface area (Å²) in [7, 11) is 3.01. The van der Waals surface area contributed by atoms with E-state index in [1.165, 1.54) is 25.1 Å². The van der Waals surface area contributed by atoms with Crippen LogP contribution in [0.3, 0.4) is 0 Å². The highest BCUT2D eigenvalue weighted by Crippen LogP contribution is 2.23. The molecule has 0 aliphatic carbocycles. The van der Waals surface area contributed by atoms with Crippen LogP contribution >= 0.6 is 0 Å². The average molecular weight is 273 g/mol. The van der Waals surface area contributed by atoms with E-state index in [1.54, 1.807) is 0 Å². The first-order chi connectivity index (χ1) is 8.32. The van der Waals surface area contributed by atoms with Gasteiger partial charge in [0.1, 0.15) is 0 Å². The molecule has 18 heavy (non-hydrogen) atoms. The molecule has 0 heterocycles. The highest BCUT2D eigenvalue weighted by atomic mass is 32.2. The summed E-state index contributed by atoms with van der Waals surface area (Å²) in [5.41, 5.74) is -0.269. The number of anilines is 1. The van der Waals surface area contributed by atoms with Gasteiger partial charge in [-0.25, -0.2) is 4.21 Å². The molecule has 9 heteroatoms. The quantitative estimate of drug-likeness (QED) is 0.479. The van der Waals surface area contributed by atoms with E-state index in [9.17, 15) is 19.1 Å². The third-order valence-corrected chi connectivity index (χ3v) is 2.44. The minimum absolute atomic E-state index is 0.0660. The molecule has 1 amide bonds. The number of nitrogens with one attached hydrogen (secondary N) is 1. The van der Waals surface area contributed by atoms with E-state index < -0.39 is 22.1 Å². The van der Waals surface area contributed by atoms with E-state index in [2.05, 4.69) is 4.72 Å². The smallest absolute Gasteiger partial charge is 0.271 e. The van der Waals surface area contributed by atoms with Crippen LogP contribution in [0.2, 0.25) is 0 Å². The second-order valence-electron chi connectivity index (χ2n) is 3.54. The first-order valence-electron chi connectivity index (χ1n) is 4.70. The largest absolute Gasteiger partial charge is 0.345 e. The Kier molecular flexibility index (Phi) is 4.34. The minimum Gasteiger partial charge on any atom is -0.345 e. The van der Waals surface area contributed by atoms with E-state index in [0.29, 0.717) is 0 Å². The standard InChI is InChI=1S/C9H11N3O5S/c1-11(2)9(13)7-4-3-6(12(14)15)5-8(7)10-18(16)17/h3-5,10H,1-2H3,(H,16,17). The molecule has 0 radical (unpaired) electrons. The van der Waals surface area contributed by atoms with Crippen molar-refractivity contribution in [2.75, 3.05) is 18.8 Å². The fraction of sp³-hybridized carbons (Fsp3) is 0.222. The molecule has 0 spiro atoms. The average Bonchev–Trinajstić information content (AvgIpc) is 2.26. The summed E-state index contributed by atoms with van der Waals surface area (Å²) in [4.78, 5) is 23.0. The predicted molar refractivity (Wildman–Crippen MR) is 65.5 cm³/mol. The molecule has 0 aliphatic heterocycles. The van der Waals surface area contributed by atoms with Gasteiger partial charge in [0.15, 0.2) is 0 Å². The van der Waals surface area contributed by atoms with Crippen LogP contribution in [0, 0.1) is 10.1 Å². The summed E-state index contributed by atoms with van der Waals surface area (Å²) in [5.74, 6) is -0.433.